The summed E-state index contributed by atoms with van der Waals surface area (Å²) in [6.07, 6.45) is 0.235. The number of carboxylic acid groups (broad SMARTS) is 1. The standard InChI is InChI=1S/C17H18O5/c1-21-15-8-4-6-12(16(15)22-2)10-14(17(19)20)11-5-3-7-13(18)9-11/h3-9,14,18H,10H2,1-2H3,(H,19,20). The monoisotopic (exact) mass is 302 g/mol. The molecule has 0 spiro atoms. The molecule has 1 unspecified atom stereocenters. The van der Waals surface area contributed by atoms with Crippen LogP contribution >= 0.6 is 0 Å². The van der Waals surface area contributed by atoms with E-state index in [1.807, 2.05) is 0 Å². The third kappa shape index (κ3) is 3.31. The maximum Gasteiger partial charge on any atom is 0.311 e. The van der Waals surface area contributed by atoms with Crippen LogP contribution in [0, 0.1) is 0 Å². The first-order valence-corrected chi connectivity index (χ1v) is 6.78. The highest BCUT2D eigenvalue weighted by Gasteiger charge is 2.23. The Balaban J connectivity index is 2.39. The Labute approximate surface area is 128 Å². The van der Waals surface area contributed by atoms with E-state index in [0.717, 1.165) is 5.56 Å². The quantitative estimate of drug-likeness (QED) is 0.858. The van der Waals surface area contributed by atoms with Crippen molar-refractivity contribution in [3.05, 3.63) is 53.6 Å². The molecule has 116 valence electrons. The van der Waals surface area contributed by atoms with E-state index in [4.69, 9.17) is 9.47 Å². The summed E-state index contributed by atoms with van der Waals surface area (Å²) in [6.45, 7) is 0. The highest BCUT2D eigenvalue weighted by atomic mass is 16.5. The number of aromatic hydroxyl groups is 1. The molecule has 0 amide bonds. The summed E-state index contributed by atoms with van der Waals surface area (Å²) in [4.78, 5) is 11.6. The number of ether oxygens (including phenoxy) is 2. The highest BCUT2D eigenvalue weighted by Crippen LogP contribution is 2.34. The van der Waals surface area contributed by atoms with Crippen LogP contribution in [0.4, 0.5) is 0 Å². The number of hydrogen-bond donors (Lipinski definition) is 2. The molecule has 0 saturated carbocycles. The minimum absolute atomic E-state index is 0.0429. The second-order valence-corrected chi connectivity index (χ2v) is 4.84. The molecule has 0 radical (unpaired) electrons. The minimum atomic E-state index is -0.963. The van der Waals surface area contributed by atoms with Crippen LogP contribution in [0.2, 0.25) is 0 Å². The van der Waals surface area contributed by atoms with E-state index in [-0.39, 0.29) is 12.2 Å². The van der Waals surface area contributed by atoms with Gasteiger partial charge in [-0.1, -0.05) is 24.3 Å². The van der Waals surface area contributed by atoms with Crippen LogP contribution in [0.5, 0.6) is 17.2 Å². The molecule has 0 fully saturated rings. The number of para-hydroxylation sites is 1. The van der Waals surface area contributed by atoms with Crippen LogP contribution in [0.3, 0.4) is 0 Å². The summed E-state index contributed by atoms with van der Waals surface area (Å²) in [5.74, 6) is -0.624. The summed E-state index contributed by atoms with van der Waals surface area (Å²) in [5.41, 5.74) is 1.27. The van der Waals surface area contributed by atoms with Gasteiger partial charge in [-0.25, -0.2) is 0 Å². The van der Waals surface area contributed by atoms with Gasteiger partial charge in [0.1, 0.15) is 5.75 Å². The van der Waals surface area contributed by atoms with Crippen molar-refractivity contribution in [3.8, 4) is 17.2 Å². The average Bonchev–Trinajstić information content (AvgIpc) is 2.51. The number of phenols is 1. The fourth-order valence-electron chi connectivity index (χ4n) is 2.42. The van der Waals surface area contributed by atoms with Crippen molar-refractivity contribution in [2.45, 2.75) is 12.3 Å². The Morgan fingerprint density at radius 2 is 1.86 bits per heavy atom. The second-order valence-electron chi connectivity index (χ2n) is 4.84. The Hall–Kier alpha value is -2.69. The van der Waals surface area contributed by atoms with E-state index >= 15 is 0 Å². The minimum Gasteiger partial charge on any atom is -0.508 e. The fourth-order valence-corrected chi connectivity index (χ4v) is 2.42. The molecule has 0 saturated heterocycles. The summed E-state index contributed by atoms with van der Waals surface area (Å²) >= 11 is 0. The molecule has 1 atom stereocenters. The molecule has 0 aromatic heterocycles. The molecule has 0 aliphatic heterocycles. The summed E-state index contributed by atoms with van der Waals surface area (Å²) in [5, 5.41) is 19.1. The number of phenolic OH excluding ortho intramolecular Hbond substituents is 1. The highest BCUT2D eigenvalue weighted by molar-refractivity contribution is 5.77. The summed E-state index contributed by atoms with van der Waals surface area (Å²) in [6, 6.07) is 11.6. The Bertz CT molecular complexity index is 666. The molecule has 0 heterocycles. The Morgan fingerprint density at radius 1 is 1.14 bits per heavy atom. The van der Waals surface area contributed by atoms with Crippen molar-refractivity contribution in [1.82, 2.24) is 0 Å². The maximum atomic E-state index is 11.6. The lowest BCUT2D eigenvalue weighted by atomic mass is 9.91. The van der Waals surface area contributed by atoms with Gasteiger partial charge in [0, 0.05) is 0 Å². The summed E-state index contributed by atoms with van der Waals surface area (Å²) in [7, 11) is 3.05. The van der Waals surface area contributed by atoms with Gasteiger partial charge in [0.25, 0.3) is 0 Å². The van der Waals surface area contributed by atoms with E-state index in [2.05, 4.69) is 0 Å². The number of methoxy groups -OCH3 is 2. The first kappa shape index (κ1) is 15.7. The van der Waals surface area contributed by atoms with Crippen molar-refractivity contribution in [2.24, 2.45) is 0 Å². The number of carboxylic acids is 1. The van der Waals surface area contributed by atoms with Gasteiger partial charge in [0.15, 0.2) is 11.5 Å². The zero-order valence-corrected chi connectivity index (χ0v) is 12.4. The molecule has 2 aromatic carbocycles. The van der Waals surface area contributed by atoms with E-state index in [1.165, 1.54) is 26.4 Å². The normalized spacial score (nSPS) is 11.7. The largest absolute Gasteiger partial charge is 0.508 e. The Kier molecular flexibility index (Phi) is 4.88. The topological polar surface area (TPSA) is 76.0 Å². The second kappa shape index (κ2) is 6.85. The molecule has 2 N–H and O–H groups in total. The molecule has 2 aromatic rings. The van der Waals surface area contributed by atoms with Crippen molar-refractivity contribution in [3.63, 3.8) is 0 Å². The van der Waals surface area contributed by atoms with Gasteiger partial charge in [0.05, 0.1) is 20.1 Å². The zero-order valence-electron chi connectivity index (χ0n) is 12.4. The van der Waals surface area contributed by atoms with Crippen LogP contribution in [0.15, 0.2) is 42.5 Å². The molecular weight excluding hydrogens is 284 g/mol. The molecule has 0 bridgehead atoms. The van der Waals surface area contributed by atoms with Gasteiger partial charge < -0.3 is 19.7 Å². The lowest BCUT2D eigenvalue weighted by Gasteiger charge is -2.17. The lowest BCUT2D eigenvalue weighted by molar-refractivity contribution is -0.138. The van der Waals surface area contributed by atoms with Gasteiger partial charge in [-0.15, -0.1) is 0 Å². The van der Waals surface area contributed by atoms with E-state index in [1.54, 1.807) is 30.3 Å². The van der Waals surface area contributed by atoms with E-state index in [0.29, 0.717) is 17.1 Å². The molecule has 5 nitrogen and oxygen atoms in total. The van der Waals surface area contributed by atoms with Gasteiger partial charge in [-0.3, -0.25) is 4.79 Å². The number of aliphatic carboxylic acids is 1. The third-order valence-corrected chi connectivity index (χ3v) is 3.48. The molecular formula is C17H18O5. The van der Waals surface area contributed by atoms with Crippen molar-refractivity contribution >= 4 is 5.97 Å². The Morgan fingerprint density at radius 3 is 2.45 bits per heavy atom. The van der Waals surface area contributed by atoms with Crippen LogP contribution in [0.25, 0.3) is 0 Å². The van der Waals surface area contributed by atoms with Crippen LogP contribution in [-0.2, 0) is 11.2 Å². The average molecular weight is 302 g/mol. The van der Waals surface area contributed by atoms with Gasteiger partial charge in [-0.2, -0.15) is 0 Å². The zero-order chi connectivity index (χ0) is 16.1. The van der Waals surface area contributed by atoms with Crippen molar-refractivity contribution in [1.29, 1.82) is 0 Å². The van der Waals surface area contributed by atoms with Crippen molar-refractivity contribution < 1.29 is 24.5 Å². The van der Waals surface area contributed by atoms with Gasteiger partial charge >= 0.3 is 5.97 Å². The van der Waals surface area contributed by atoms with E-state index in [9.17, 15) is 15.0 Å². The number of hydrogen-bond acceptors (Lipinski definition) is 4. The molecule has 0 aliphatic carbocycles. The summed E-state index contributed by atoms with van der Waals surface area (Å²) < 4.78 is 10.6. The van der Waals surface area contributed by atoms with Crippen molar-refractivity contribution in [2.75, 3.05) is 14.2 Å². The molecule has 0 aliphatic rings. The lowest BCUT2D eigenvalue weighted by Crippen LogP contribution is -2.15. The van der Waals surface area contributed by atoms with Crippen LogP contribution < -0.4 is 9.47 Å². The maximum absolute atomic E-state index is 11.6. The first-order chi connectivity index (χ1) is 10.6. The van der Waals surface area contributed by atoms with Crippen LogP contribution in [0.1, 0.15) is 17.0 Å². The molecule has 22 heavy (non-hydrogen) atoms. The third-order valence-electron chi connectivity index (χ3n) is 3.48. The predicted octanol–water partition coefficient (Wildman–Crippen LogP) is 2.82. The SMILES string of the molecule is COc1cccc(CC(C(=O)O)c2cccc(O)c2)c1OC. The predicted molar refractivity (Wildman–Crippen MR) is 81.7 cm³/mol. The van der Waals surface area contributed by atoms with Crippen LogP contribution in [-0.4, -0.2) is 30.4 Å². The van der Waals surface area contributed by atoms with Gasteiger partial charge in [0.2, 0.25) is 0 Å². The van der Waals surface area contributed by atoms with E-state index < -0.39 is 11.9 Å². The fraction of sp³-hybridized carbons (Fsp3) is 0.235. The number of carbonyl (C=O) groups is 1. The van der Waals surface area contributed by atoms with Gasteiger partial charge in [-0.05, 0) is 35.7 Å². The number of benzene rings is 2. The first-order valence-electron chi connectivity index (χ1n) is 6.78. The number of rotatable bonds is 6. The smallest absolute Gasteiger partial charge is 0.311 e. The molecule has 2 rings (SSSR count). The molecule has 5 heteroatoms.